The van der Waals surface area contributed by atoms with Gasteiger partial charge in [0.2, 0.25) is 0 Å². The van der Waals surface area contributed by atoms with Gasteiger partial charge >= 0.3 is 0 Å². The van der Waals surface area contributed by atoms with E-state index in [0.717, 1.165) is 0 Å². The quantitative estimate of drug-likeness (QED) is 0.323. The van der Waals surface area contributed by atoms with Gasteiger partial charge in [-0.25, -0.2) is 0 Å². The van der Waals surface area contributed by atoms with Crippen LogP contribution in [0.5, 0.6) is 0 Å². The Kier molecular flexibility index (Phi) is 9.08. The summed E-state index contributed by atoms with van der Waals surface area (Å²) in [6.07, 6.45) is 14.1. The van der Waals surface area contributed by atoms with E-state index in [1.165, 1.54) is 64.2 Å². The van der Waals surface area contributed by atoms with Crippen molar-refractivity contribution in [3.63, 3.8) is 0 Å². The van der Waals surface area contributed by atoms with E-state index in [1.807, 2.05) is 0 Å². The van der Waals surface area contributed by atoms with Gasteiger partial charge in [-0.3, -0.25) is 0 Å². The summed E-state index contributed by atoms with van der Waals surface area (Å²) < 4.78 is 0. The van der Waals surface area contributed by atoms with Gasteiger partial charge in [-0.05, 0) is 18.3 Å². The summed E-state index contributed by atoms with van der Waals surface area (Å²) in [6.45, 7) is 12.0. The molecule has 0 radical (unpaired) electrons. The summed E-state index contributed by atoms with van der Waals surface area (Å²) in [5.74, 6) is 0. The lowest BCUT2D eigenvalue weighted by Crippen LogP contribution is -2.30. The van der Waals surface area contributed by atoms with Crippen LogP contribution in [0.3, 0.4) is 0 Å². The van der Waals surface area contributed by atoms with Crippen LogP contribution in [-0.4, -0.2) is 7.85 Å². The first-order chi connectivity index (χ1) is 8.37. The fourth-order valence-corrected chi connectivity index (χ4v) is 2.76. The maximum Gasteiger partial charge on any atom is 0.109 e. The lowest BCUT2D eigenvalue weighted by Gasteiger charge is -2.43. The smallest absolute Gasteiger partial charge is 0.0667 e. The predicted molar refractivity (Wildman–Crippen MR) is 88.2 cm³/mol. The Morgan fingerprint density at radius 2 is 1.06 bits per heavy atom. The van der Waals surface area contributed by atoms with E-state index >= 15 is 0 Å². The molecule has 0 bridgehead atoms. The van der Waals surface area contributed by atoms with Gasteiger partial charge in [-0.1, -0.05) is 91.3 Å². The van der Waals surface area contributed by atoms with Crippen LogP contribution in [0.2, 0.25) is 5.31 Å². The van der Waals surface area contributed by atoms with E-state index in [9.17, 15) is 0 Å². The van der Waals surface area contributed by atoms with Gasteiger partial charge in [0.25, 0.3) is 0 Å². The molecule has 0 aromatic rings. The van der Waals surface area contributed by atoms with Crippen molar-refractivity contribution in [1.82, 2.24) is 0 Å². The van der Waals surface area contributed by atoms with Crippen LogP contribution >= 0.6 is 0 Å². The molecule has 0 saturated heterocycles. The molecule has 0 amide bonds. The van der Waals surface area contributed by atoms with Crippen molar-refractivity contribution >= 4 is 7.85 Å². The molecule has 0 aromatic carbocycles. The predicted octanol–water partition coefficient (Wildman–Crippen LogP) is 5.77. The lowest BCUT2D eigenvalue weighted by atomic mass is 9.52. The molecule has 0 saturated carbocycles. The van der Waals surface area contributed by atoms with Crippen molar-refractivity contribution in [3.05, 3.63) is 0 Å². The molecule has 0 atom stereocenters. The number of hydrogen-bond donors (Lipinski definition) is 0. The average Bonchev–Trinajstić information content (AvgIpc) is 2.29. The Labute approximate surface area is 118 Å². The molecular weight excluding hydrogens is 215 g/mol. The maximum atomic E-state index is 2.53. The third kappa shape index (κ3) is 6.85. The molecule has 0 nitrogen and oxygen atoms in total. The van der Waals surface area contributed by atoms with Crippen LogP contribution < -0.4 is 0 Å². The minimum absolute atomic E-state index is 0.450. The Bertz CT molecular complexity index is 178. The fourth-order valence-electron chi connectivity index (χ4n) is 2.76. The topological polar surface area (TPSA) is 0 Å². The van der Waals surface area contributed by atoms with Gasteiger partial charge in [-0.2, -0.15) is 0 Å². The number of rotatable bonds is 11. The van der Waals surface area contributed by atoms with Gasteiger partial charge in [-0.15, -0.1) is 0 Å². The van der Waals surface area contributed by atoms with Gasteiger partial charge < -0.3 is 0 Å². The van der Waals surface area contributed by atoms with Crippen molar-refractivity contribution < 1.29 is 0 Å². The minimum atomic E-state index is 0.450. The molecule has 108 valence electrons. The molecule has 0 aliphatic heterocycles. The number of hydrogen-bond acceptors (Lipinski definition) is 0. The van der Waals surface area contributed by atoms with Crippen LogP contribution in [0.4, 0.5) is 0 Å². The molecule has 18 heavy (non-hydrogen) atoms. The van der Waals surface area contributed by atoms with Crippen LogP contribution in [0, 0.1) is 5.41 Å². The Hall–Kier alpha value is 0.0649. The van der Waals surface area contributed by atoms with E-state index in [2.05, 4.69) is 42.5 Å². The highest BCUT2D eigenvalue weighted by atomic mass is 14.4. The molecule has 0 aliphatic carbocycles. The summed E-state index contributed by atoms with van der Waals surface area (Å²) in [5.41, 5.74) is 0.536. The highest BCUT2D eigenvalue weighted by Gasteiger charge is 2.35. The average molecular weight is 252 g/mol. The van der Waals surface area contributed by atoms with Crippen LogP contribution in [0.15, 0.2) is 0 Å². The zero-order valence-electron chi connectivity index (χ0n) is 14.1. The van der Waals surface area contributed by atoms with Crippen molar-refractivity contribution in [2.24, 2.45) is 5.41 Å². The van der Waals surface area contributed by atoms with Gasteiger partial charge in [0, 0.05) is 0 Å². The number of unbranched alkanes of at least 4 members (excludes halogenated alkanes) is 6. The third-order valence-electron chi connectivity index (χ3n) is 4.97. The second kappa shape index (κ2) is 9.05. The highest BCUT2D eigenvalue weighted by molar-refractivity contribution is 6.15. The van der Waals surface area contributed by atoms with E-state index in [-0.39, 0.29) is 0 Å². The summed E-state index contributed by atoms with van der Waals surface area (Å²) in [7, 11) is 2.44. The lowest BCUT2D eigenvalue weighted by molar-refractivity contribution is 0.182. The second-order valence-corrected chi connectivity index (χ2v) is 7.43. The molecule has 0 fully saturated rings. The molecule has 0 spiro atoms. The van der Waals surface area contributed by atoms with E-state index in [4.69, 9.17) is 0 Å². The first-order valence-electron chi connectivity index (χ1n) is 8.37. The fraction of sp³-hybridized carbons (Fsp3) is 1.00. The largest absolute Gasteiger partial charge is 0.109 e. The van der Waals surface area contributed by atoms with E-state index in [0.29, 0.717) is 10.7 Å². The Morgan fingerprint density at radius 1 is 0.667 bits per heavy atom. The van der Waals surface area contributed by atoms with Crippen LogP contribution in [-0.2, 0) is 0 Å². The molecule has 1 heteroatoms. The normalized spacial score (nSPS) is 12.9. The summed E-state index contributed by atoms with van der Waals surface area (Å²) >= 11 is 0. The Balaban J connectivity index is 4.17. The standard InChI is InChI=1S/C17H37B/c1-6-8-10-12-14-17(5,16(3,4)18)15-13-11-9-7-2/h6-15,18H2,1-5H3. The van der Waals surface area contributed by atoms with Gasteiger partial charge in [0.1, 0.15) is 7.85 Å². The Morgan fingerprint density at radius 3 is 1.33 bits per heavy atom. The maximum absolute atomic E-state index is 2.53. The molecule has 0 aliphatic rings. The first kappa shape index (κ1) is 18.1. The van der Waals surface area contributed by atoms with Crippen molar-refractivity contribution in [3.8, 4) is 0 Å². The highest BCUT2D eigenvalue weighted by Crippen LogP contribution is 2.49. The molecule has 0 heterocycles. The van der Waals surface area contributed by atoms with Crippen molar-refractivity contribution in [2.75, 3.05) is 0 Å². The molecule has 0 N–H and O–H groups in total. The third-order valence-corrected chi connectivity index (χ3v) is 4.97. The zero-order chi connectivity index (χ0) is 14.1. The van der Waals surface area contributed by atoms with Crippen LogP contribution in [0.1, 0.15) is 98.8 Å². The second-order valence-electron chi connectivity index (χ2n) is 7.43. The molecule has 0 unspecified atom stereocenters. The molecular formula is C17H37B. The molecule has 0 rings (SSSR count). The van der Waals surface area contributed by atoms with Gasteiger partial charge in [0.05, 0.1) is 0 Å². The first-order valence-corrected chi connectivity index (χ1v) is 8.37. The zero-order valence-corrected chi connectivity index (χ0v) is 14.1. The SMILES string of the molecule is BC(C)(C)C(C)(CCCCCC)CCCCCC. The van der Waals surface area contributed by atoms with Gasteiger partial charge in [0.15, 0.2) is 0 Å². The summed E-state index contributed by atoms with van der Waals surface area (Å²) in [5, 5.41) is 0.450. The minimum Gasteiger partial charge on any atom is -0.0667 e. The van der Waals surface area contributed by atoms with Crippen molar-refractivity contribution in [1.29, 1.82) is 0 Å². The van der Waals surface area contributed by atoms with Crippen molar-refractivity contribution in [2.45, 2.75) is 104 Å². The monoisotopic (exact) mass is 252 g/mol. The van der Waals surface area contributed by atoms with E-state index < -0.39 is 0 Å². The summed E-state index contributed by atoms with van der Waals surface area (Å²) in [6, 6.07) is 0. The van der Waals surface area contributed by atoms with E-state index in [1.54, 1.807) is 0 Å². The summed E-state index contributed by atoms with van der Waals surface area (Å²) in [4.78, 5) is 0. The van der Waals surface area contributed by atoms with Crippen LogP contribution in [0.25, 0.3) is 0 Å². The molecule has 0 aromatic heterocycles.